The minimum Gasteiger partial charge on any atom is -0.368 e. The topological polar surface area (TPSA) is 47.6 Å². The number of nitrogens with one attached hydrogen (secondary N) is 1. The highest BCUT2D eigenvalue weighted by Crippen LogP contribution is 2.60. The lowest BCUT2D eigenvalue weighted by molar-refractivity contribution is 0.214. The summed E-state index contributed by atoms with van der Waals surface area (Å²) in [6.07, 6.45) is 0. The molecule has 0 aliphatic heterocycles. The number of halogens is 1. The van der Waals surface area contributed by atoms with Crippen molar-refractivity contribution >= 4 is 24.9 Å². The molecule has 0 aliphatic carbocycles. The normalized spacial score (nSPS) is 12.8. The fourth-order valence-corrected chi connectivity index (χ4v) is 4.38. The molecule has 4 nitrogen and oxygen atoms in total. The lowest BCUT2D eigenvalue weighted by Gasteiger charge is -2.28. The van der Waals surface area contributed by atoms with Crippen LogP contribution in [0.2, 0.25) is 5.02 Å². The van der Waals surface area contributed by atoms with Gasteiger partial charge in [0.05, 0.1) is 13.2 Å². The third kappa shape index (κ3) is 4.82. The van der Waals surface area contributed by atoms with Crippen molar-refractivity contribution in [2.45, 2.75) is 19.6 Å². The zero-order chi connectivity index (χ0) is 16.7. The number of rotatable bonds is 8. The Kier molecular flexibility index (Phi) is 6.67. The van der Waals surface area contributed by atoms with Crippen LogP contribution in [-0.2, 0) is 13.6 Å². The van der Waals surface area contributed by atoms with E-state index in [2.05, 4.69) is 5.32 Å². The molecule has 0 radical (unpaired) electrons. The molecular formula is C17H21ClNO3P. The van der Waals surface area contributed by atoms with E-state index in [1.54, 1.807) is 26.0 Å². The molecule has 23 heavy (non-hydrogen) atoms. The van der Waals surface area contributed by atoms with Gasteiger partial charge in [-0.15, -0.1) is 0 Å². The standard InChI is InChI=1S/C17H21ClNO3P/c1-3-21-23(20,22-4-2)17(14-9-8-10-15(18)13-14)19-16-11-6-5-7-12-16/h5-13,17,19H,3-4H2,1-2H3. The Balaban J connectivity index is 2.43. The summed E-state index contributed by atoms with van der Waals surface area (Å²) in [6.45, 7) is 4.18. The molecule has 2 aromatic rings. The number of para-hydroxylation sites is 1. The van der Waals surface area contributed by atoms with E-state index in [1.807, 2.05) is 42.5 Å². The smallest absolute Gasteiger partial charge is 0.357 e. The van der Waals surface area contributed by atoms with Crippen molar-refractivity contribution in [3.63, 3.8) is 0 Å². The SMILES string of the molecule is CCOP(=O)(OCC)C(Nc1ccccc1)c1cccc(Cl)c1. The van der Waals surface area contributed by atoms with Crippen LogP contribution < -0.4 is 5.32 Å². The largest absolute Gasteiger partial charge is 0.368 e. The predicted octanol–water partition coefficient (Wildman–Crippen LogP) is 5.72. The molecule has 2 aromatic carbocycles. The molecule has 0 fully saturated rings. The maximum Gasteiger partial charge on any atom is 0.357 e. The molecule has 0 amide bonds. The zero-order valence-electron chi connectivity index (χ0n) is 13.2. The molecule has 0 saturated carbocycles. The number of benzene rings is 2. The molecule has 0 heterocycles. The van der Waals surface area contributed by atoms with Crippen LogP contribution in [-0.4, -0.2) is 13.2 Å². The van der Waals surface area contributed by atoms with E-state index in [1.165, 1.54) is 0 Å². The molecule has 1 N–H and O–H groups in total. The van der Waals surface area contributed by atoms with E-state index in [0.29, 0.717) is 18.2 Å². The monoisotopic (exact) mass is 353 g/mol. The van der Waals surface area contributed by atoms with Crippen LogP contribution in [0.1, 0.15) is 25.2 Å². The van der Waals surface area contributed by atoms with Crippen molar-refractivity contribution in [3.05, 3.63) is 65.2 Å². The summed E-state index contributed by atoms with van der Waals surface area (Å²) in [7, 11) is -3.41. The number of anilines is 1. The van der Waals surface area contributed by atoms with Crippen molar-refractivity contribution in [2.75, 3.05) is 18.5 Å². The Morgan fingerprint density at radius 1 is 1.04 bits per heavy atom. The van der Waals surface area contributed by atoms with Gasteiger partial charge in [-0.25, -0.2) is 0 Å². The molecule has 0 spiro atoms. The van der Waals surface area contributed by atoms with Crippen molar-refractivity contribution in [3.8, 4) is 0 Å². The molecule has 1 atom stereocenters. The van der Waals surface area contributed by atoms with Crippen LogP contribution in [0.15, 0.2) is 54.6 Å². The van der Waals surface area contributed by atoms with Gasteiger partial charge in [0.1, 0.15) is 0 Å². The molecule has 1 unspecified atom stereocenters. The van der Waals surface area contributed by atoms with Crippen LogP contribution in [0.4, 0.5) is 5.69 Å². The second-order valence-corrected chi connectivity index (χ2v) is 7.39. The maximum absolute atomic E-state index is 13.3. The third-order valence-electron chi connectivity index (χ3n) is 3.18. The Bertz CT molecular complexity index is 656. The van der Waals surface area contributed by atoms with Crippen LogP contribution in [0, 0.1) is 0 Å². The van der Waals surface area contributed by atoms with Gasteiger partial charge in [-0.3, -0.25) is 4.57 Å². The van der Waals surface area contributed by atoms with Crippen molar-refractivity contribution in [1.29, 1.82) is 0 Å². The molecular weight excluding hydrogens is 333 g/mol. The van der Waals surface area contributed by atoms with E-state index >= 15 is 0 Å². The highest BCUT2D eigenvalue weighted by Gasteiger charge is 2.37. The van der Waals surface area contributed by atoms with Gasteiger partial charge in [0.25, 0.3) is 0 Å². The molecule has 0 saturated heterocycles. The van der Waals surface area contributed by atoms with Gasteiger partial charge >= 0.3 is 7.60 Å². The summed E-state index contributed by atoms with van der Waals surface area (Å²) in [6, 6.07) is 16.8. The van der Waals surface area contributed by atoms with Crippen LogP contribution >= 0.6 is 19.2 Å². The van der Waals surface area contributed by atoms with Gasteiger partial charge in [0.2, 0.25) is 0 Å². The van der Waals surface area contributed by atoms with E-state index in [0.717, 1.165) is 11.3 Å². The van der Waals surface area contributed by atoms with E-state index in [4.69, 9.17) is 20.6 Å². The molecule has 6 heteroatoms. The lowest BCUT2D eigenvalue weighted by atomic mass is 10.2. The number of hydrogen-bond acceptors (Lipinski definition) is 4. The van der Waals surface area contributed by atoms with Crippen LogP contribution in [0.3, 0.4) is 0 Å². The average Bonchev–Trinajstić information content (AvgIpc) is 2.54. The third-order valence-corrected chi connectivity index (χ3v) is 5.71. The van der Waals surface area contributed by atoms with Crippen LogP contribution in [0.5, 0.6) is 0 Å². The fraction of sp³-hybridized carbons (Fsp3) is 0.294. The highest BCUT2D eigenvalue weighted by atomic mass is 35.5. The van der Waals surface area contributed by atoms with Crippen molar-refractivity contribution < 1.29 is 13.6 Å². The average molecular weight is 354 g/mol. The maximum atomic E-state index is 13.3. The van der Waals surface area contributed by atoms with Gasteiger partial charge in [0.15, 0.2) is 5.78 Å². The summed E-state index contributed by atoms with van der Waals surface area (Å²) in [5.41, 5.74) is 1.59. The van der Waals surface area contributed by atoms with E-state index in [9.17, 15) is 4.57 Å². The predicted molar refractivity (Wildman–Crippen MR) is 95.1 cm³/mol. The second-order valence-electron chi connectivity index (χ2n) is 4.84. The van der Waals surface area contributed by atoms with Gasteiger partial charge in [-0.1, -0.05) is 41.9 Å². The Hall–Kier alpha value is -1.32. The van der Waals surface area contributed by atoms with Gasteiger partial charge in [-0.2, -0.15) is 0 Å². The molecule has 0 aromatic heterocycles. The highest BCUT2D eigenvalue weighted by molar-refractivity contribution is 7.54. The van der Waals surface area contributed by atoms with E-state index in [-0.39, 0.29) is 0 Å². The molecule has 2 rings (SSSR count). The van der Waals surface area contributed by atoms with Crippen molar-refractivity contribution in [2.24, 2.45) is 0 Å². The second kappa shape index (κ2) is 8.51. The fourth-order valence-electron chi connectivity index (χ4n) is 2.26. The Morgan fingerprint density at radius 2 is 1.70 bits per heavy atom. The first-order valence-electron chi connectivity index (χ1n) is 7.55. The summed E-state index contributed by atoms with van der Waals surface area (Å²) in [5.74, 6) is -0.636. The van der Waals surface area contributed by atoms with Gasteiger partial charge < -0.3 is 14.4 Å². The first-order valence-corrected chi connectivity index (χ1v) is 9.54. The van der Waals surface area contributed by atoms with Gasteiger partial charge in [-0.05, 0) is 43.7 Å². The quantitative estimate of drug-likeness (QED) is 0.617. The first kappa shape index (κ1) is 18.0. The number of hydrogen-bond donors (Lipinski definition) is 1. The van der Waals surface area contributed by atoms with Crippen LogP contribution in [0.25, 0.3) is 0 Å². The summed E-state index contributed by atoms with van der Waals surface area (Å²) < 4.78 is 24.3. The van der Waals surface area contributed by atoms with E-state index < -0.39 is 13.4 Å². The summed E-state index contributed by atoms with van der Waals surface area (Å²) in [4.78, 5) is 0. The molecule has 124 valence electrons. The first-order chi connectivity index (χ1) is 11.1. The van der Waals surface area contributed by atoms with Gasteiger partial charge in [0, 0.05) is 10.7 Å². The minimum absolute atomic E-state index is 0.296. The lowest BCUT2D eigenvalue weighted by Crippen LogP contribution is -2.15. The minimum atomic E-state index is -3.41. The summed E-state index contributed by atoms with van der Waals surface area (Å²) in [5, 5.41) is 3.83. The Morgan fingerprint density at radius 3 is 2.26 bits per heavy atom. The Labute approximate surface area is 142 Å². The molecule has 0 bridgehead atoms. The zero-order valence-corrected chi connectivity index (χ0v) is 14.9. The summed E-state index contributed by atoms with van der Waals surface area (Å²) >= 11 is 6.10. The molecule has 0 aliphatic rings. The van der Waals surface area contributed by atoms with Crippen molar-refractivity contribution in [1.82, 2.24) is 0 Å².